The van der Waals surface area contributed by atoms with Gasteiger partial charge in [-0.15, -0.1) is 0 Å². The van der Waals surface area contributed by atoms with E-state index in [1.807, 2.05) is 37.4 Å². The predicted molar refractivity (Wildman–Crippen MR) is 72.3 cm³/mol. The van der Waals surface area contributed by atoms with Gasteiger partial charge in [0.15, 0.2) is 0 Å². The van der Waals surface area contributed by atoms with Crippen molar-refractivity contribution in [2.75, 3.05) is 12.4 Å². The lowest BCUT2D eigenvalue weighted by Crippen LogP contribution is -1.94. The molecule has 18 heavy (non-hydrogen) atoms. The summed E-state index contributed by atoms with van der Waals surface area (Å²) in [7, 11) is 1.84. The molecule has 0 saturated carbocycles. The molecule has 88 valence electrons. The lowest BCUT2D eigenvalue weighted by molar-refractivity contribution is 1.16. The molecule has 1 aromatic carbocycles. The van der Waals surface area contributed by atoms with Gasteiger partial charge in [0.2, 0.25) is 0 Å². The number of nitrogens with one attached hydrogen (secondary N) is 1. The van der Waals surface area contributed by atoms with Crippen molar-refractivity contribution >= 4 is 16.7 Å². The van der Waals surface area contributed by atoms with Crippen LogP contribution >= 0.6 is 0 Å². The Morgan fingerprint density at radius 1 is 1.00 bits per heavy atom. The van der Waals surface area contributed by atoms with Crippen molar-refractivity contribution in [3.8, 4) is 11.3 Å². The Bertz CT molecular complexity index is 694. The van der Waals surface area contributed by atoms with Crippen LogP contribution in [-0.4, -0.2) is 22.0 Å². The van der Waals surface area contributed by atoms with Crippen LogP contribution in [0.3, 0.4) is 0 Å². The zero-order valence-electron chi connectivity index (χ0n) is 9.96. The molecule has 0 fully saturated rings. The second kappa shape index (κ2) is 4.41. The SMILES string of the molecule is CNc1cc(-c2ccc3cccnc3c2)ncn1. The van der Waals surface area contributed by atoms with Crippen molar-refractivity contribution in [3.05, 3.63) is 48.9 Å². The number of aromatic nitrogens is 3. The average molecular weight is 236 g/mol. The minimum Gasteiger partial charge on any atom is -0.373 e. The monoisotopic (exact) mass is 236 g/mol. The highest BCUT2D eigenvalue weighted by Gasteiger charge is 2.02. The number of nitrogens with zero attached hydrogens (tertiary/aromatic N) is 3. The first-order chi connectivity index (χ1) is 8.86. The Morgan fingerprint density at radius 3 is 2.83 bits per heavy atom. The second-order valence-corrected chi connectivity index (χ2v) is 3.95. The predicted octanol–water partition coefficient (Wildman–Crippen LogP) is 2.73. The molecule has 0 radical (unpaired) electrons. The van der Waals surface area contributed by atoms with Crippen molar-refractivity contribution in [1.29, 1.82) is 0 Å². The summed E-state index contributed by atoms with van der Waals surface area (Å²) in [5, 5.41) is 4.14. The molecule has 0 saturated heterocycles. The molecule has 4 heteroatoms. The van der Waals surface area contributed by atoms with Crippen molar-refractivity contribution in [2.24, 2.45) is 0 Å². The maximum absolute atomic E-state index is 4.35. The van der Waals surface area contributed by atoms with Crippen molar-refractivity contribution in [3.63, 3.8) is 0 Å². The van der Waals surface area contributed by atoms with Gasteiger partial charge in [0.1, 0.15) is 12.1 Å². The quantitative estimate of drug-likeness (QED) is 0.743. The van der Waals surface area contributed by atoms with E-state index in [1.165, 1.54) is 0 Å². The van der Waals surface area contributed by atoms with Gasteiger partial charge in [0, 0.05) is 30.3 Å². The molecule has 0 atom stereocenters. The second-order valence-electron chi connectivity index (χ2n) is 3.95. The fourth-order valence-electron chi connectivity index (χ4n) is 1.88. The molecule has 3 aromatic rings. The van der Waals surface area contributed by atoms with Gasteiger partial charge in [-0.1, -0.05) is 18.2 Å². The van der Waals surface area contributed by atoms with Crippen LogP contribution in [0.25, 0.3) is 22.2 Å². The van der Waals surface area contributed by atoms with Gasteiger partial charge in [-0.3, -0.25) is 4.98 Å². The van der Waals surface area contributed by atoms with Crippen LogP contribution < -0.4 is 5.32 Å². The van der Waals surface area contributed by atoms with E-state index in [0.29, 0.717) is 0 Å². The fourth-order valence-corrected chi connectivity index (χ4v) is 1.88. The summed E-state index contributed by atoms with van der Waals surface area (Å²) in [6, 6.07) is 12.0. The molecular weight excluding hydrogens is 224 g/mol. The number of benzene rings is 1. The van der Waals surface area contributed by atoms with Crippen LogP contribution in [0.2, 0.25) is 0 Å². The van der Waals surface area contributed by atoms with E-state index in [9.17, 15) is 0 Å². The number of hydrogen-bond donors (Lipinski definition) is 1. The fraction of sp³-hybridized carbons (Fsp3) is 0.0714. The highest BCUT2D eigenvalue weighted by atomic mass is 15.0. The van der Waals surface area contributed by atoms with Gasteiger partial charge in [-0.05, 0) is 12.1 Å². The lowest BCUT2D eigenvalue weighted by Gasteiger charge is -2.04. The normalized spacial score (nSPS) is 10.5. The van der Waals surface area contributed by atoms with Crippen LogP contribution in [0, 0.1) is 0 Å². The van der Waals surface area contributed by atoms with Crippen LogP contribution in [0.15, 0.2) is 48.9 Å². The van der Waals surface area contributed by atoms with E-state index < -0.39 is 0 Å². The molecule has 0 aliphatic carbocycles. The molecule has 0 unspecified atom stereocenters. The van der Waals surface area contributed by atoms with Gasteiger partial charge in [-0.2, -0.15) is 0 Å². The third-order valence-electron chi connectivity index (χ3n) is 2.82. The molecule has 1 N–H and O–H groups in total. The Hall–Kier alpha value is -2.49. The third-order valence-corrected chi connectivity index (χ3v) is 2.82. The minimum absolute atomic E-state index is 0.807. The summed E-state index contributed by atoms with van der Waals surface area (Å²) in [6.07, 6.45) is 3.36. The number of fused-ring (bicyclic) bond motifs is 1. The summed E-state index contributed by atoms with van der Waals surface area (Å²) in [5.41, 5.74) is 2.90. The summed E-state index contributed by atoms with van der Waals surface area (Å²) in [4.78, 5) is 12.7. The maximum Gasteiger partial charge on any atom is 0.129 e. The molecule has 0 aliphatic heterocycles. The van der Waals surface area contributed by atoms with Gasteiger partial charge in [-0.25, -0.2) is 9.97 Å². The Morgan fingerprint density at radius 2 is 1.94 bits per heavy atom. The molecule has 0 amide bonds. The van der Waals surface area contributed by atoms with Crippen LogP contribution in [-0.2, 0) is 0 Å². The summed E-state index contributed by atoms with van der Waals surface area (Å²) < 4.78 is 0. The number of hydrogen-bond acceptors (Lipinski definition) is 4. The van der Waals surface area contributed by atoms with Gasteiger partial charge in [0.25, 0.3) is 0 Å². The van der Waals surface area contributed by atoms with Gasteiger partial charge < -0.3 is 5.32 Å². The minimum atomic E-state index is 0.807. The standard InChI is InChI=1S/C14H12N4/c1-15-14-8-13(17-9-18-14)11-5-4-10-3-2-6-16-12(10)7-11/h2-9H,1H3,(H,15,17,18). The average Bonchev–Trinajstić information content (AvgIpc) is 2.47. The summed E-state index contributed by atoms with van der Waals surface area (Å²) >= 11 is 0. The molecule has 0 spiro atoms. The van der Waals surface area contributed by atoms with E-state index in [-0.39, 0.29) is 0 Å². The molecule has 3 rings (SSSR count). The first-order valence-corrected chi connectivity index (χ1v) is 5.72. The topological polar surface area (TPSA) is 50.7 Å². The van der Waals surface area contributed by atoms with Crippen molar-refractivity contribution < 1.29 is 0 Å². The third kappa shape index (κ3) is 1.88. The largest absolute Gasteiger partial charge is 0.373 e. The Kier molecular flexibility index (Phi) is 2.61. The summed E-state index contributed by atoms with van der Waals surface area (Å²) in [5.74, 6) is 0.807. The van der Waals surface area contributed by atoms with E-state index in [1.54, 1.807) is 12.5 Å². The van der Waals surface area contributed by atoms with Crippen molar-refractivity contribution in [2.45, 2.75) is 0 Å². The molecule has 2 aromatic heterocycles. The Labute approximate surface area is 105 Å². The number of pyridine rings is 1. The zero-order chi connectivity index (χ0) is 12.4. The smallest absolute Gasteiger partial charge is 0.129 e. The Balaban J connectivity index is 2.13. The first kappa shape index (κ1) is 10.7. The number of rotatable bonds is 2. The molecule has 0 bridgehead atoms. The summed E-state index contributed by atoms with van der Waals surface area (Å²) in [6.45, 7) is 0. The number of anilines is 1. The van der Waals surface area contributed by atoms with E-state index in [2.05, 4.69) is 26.3 Å². The van der Waals surface area contributed by atoms with E-state index >= 15 is 0 Å². The molecular formula is C14H12N4. The van der Waals surface area contributed by atoms with Gasteiger partial charge >= 0.3 is 0 Å². The van der Waals surface area contributed by atoms with E-state index in [0.717, 1.165) is 28.0 Å². The maximum atomic E-state index is 4.35. The van der Waals surface area contributed by atoms with E-state index in [4.69, 9.17) is 0 Å². The van der Waals surface area contributed by atoms with Crippen LogP contribution in [0.5, 0.6) is 0 Å². The molecule has 4 nitrogen and oxygen atoms in total. The highest BCUT2D eigenvalue weighted by molar-refractivity contribution is 5.83. The molecule has 0 aliphatic rings. The zero-order valence-corrected chi connectivity index (χ0v) is 9.96. The first-order valence-electron chi connectivity index (χ1n) is 5.72. The highest BCUT2D eigenvalue weighted by Crippen LogP contribution is 2.22. The van der Waals surface area contributed by atoms with Crippen LogP contribution in [0.1, 0.15) is 0 Å². The van der Waals surface area contributed by atoms with Crippen LogP contribution in [0.4, 0.5) is 5.82 Å². The molecule has 2 heterocycles. The lowest BCUT2D eigenvalue weighted by atomic mass is 10.1. The van der Waals surface area contributed by atoms with Crippen molar-refractivity contribution in [1.82, 2.24) is 15.0 Å². The van der Waals surface area contributed by atoms with Gasteiger partial charge in [0.05, 0.1) is 11.2 Å².